The summed E-state index contributed by atoms with van der Waals surface area (Å²) in [5.74, 6) is 0.511. The van der Waals surface area contributed by atoms with E-state index in [2.05, 4.69) is 58.2 Å². The predicted octanol–water partition coefficient (Wildman–Crippen LogP) is 4.31. The van der Waals surface area contributed by atoms with Crippen molar-refractivity contribution in [3.63, 3.8) is 0 Å². The lowest BCUT2D eigenvalue weighted by Gasteiger charge is -2.34. The second-order valence-corrected chi connectivity index (χ2v) is 8.74. The number of aryl methyl sites for hydroxylation is 3. The lowest BCUT2D eigenvalue weighted by Crippen LogP contribution is -2.40. The molecule has 0 radical (unpaired) electrons. The van der Waals surface area contributed by atoms with Crippen molar-refractivity contribution in [1.82, 2.24) is 20.1 Å². The van der Waals surface area contributed by atoms with Crippen molar-refractivity contribution < 1.29 is 4.74 Å². The fourth-order valence-electron chi connectivity index (χ4n) is 5.25. The fourth-order valence-corrected chi connectivity index (χ4v) is 5.25. The Hall–Kier alpha value is -2.11. The molecular formula is C24H32N4O. The molecule has 0 bridgehead atoms. The van der Waals surface area contributed by atoms with E-state index < -0.39 is 0 Å². The highest BCUT2D eigenvalue weighted by atomic mass is 16.5. The summed E-state index contributed by atoms with van der Waals surface area (Å²) in [5, 5.41) is 9.78. The largest absolute Gasteiger partial charge is 0.372 e. The van der Waals surface area contributed by atoms with Crippen LogP contribution in [-0.2, 0) is 24.1 Å². The zero-order chi connectivity index (χ0) is 19.8. The molecule has 1 aliphatic heterocycles. The molecular weight excluding hydrogens is 360 g/mol. The molecule has 0 spiro atoms. The molecule has 0 saturated carbocycles. The molecule has 5 rings (SSSR count). The van der Waals surface area contributed by atoms with Crippen molar-refractivity contribution in [2.45, 2.75) is 64.6 Å². The normalized spacial score (nSPS) is 24.7. The van der Waals surface area contributed by atoms with E-state index in [4.69, 9.17) is 4.74 Å². The Balaban J connectivity index is 1.29. The van der Waals surface area contributed by atoms with Crippen molar-refractivity contribution in [3.05, 3.63) is 53.0 Å². The lowest BCUT2D eigenvalue weighted by molar-refractivity contribution is -0.0334. The van der Waals surface area contributed by atoms with Crippen LogP contribution in [0.1, 0.15) is 54.8 Å². The maximum absolute atomic E-state index is 6.23. The maximum atomic E-state index is 6.23. The fraction of sp³-hybridized carbons (Fsp3) is 0.542. The van der Waals surface area contributed by atoms with Gasteiger partial charge in [-0.1, -0.05) is 11.6 Å². The quantitative estimate of drug-likeness (QED) is 0.680. The van der Waals surface area contributed by atoms with Gasteiger partial charge in [-0.25, -0.2) is 0 Å². The first kappa shape index (κ1) is 18.9. The Morgan fingerprint density at radius 3 is 3.10 bits per heavy atom. The van der Waals surface area contributed by atoms with Crippen molar-refractivity contribution in [2.24, 2.45) is 5.92 Å². The molecule has 1 saturated heterocycles. The maximum Gasteiger partial charge on any atom is 0.103 e. The van der Waals surface area contributed by atoms with Crippen LogP contribution >= 0.6 is 0 Å². The van der Waals surface area contributed by atoms with Crippen LogP contribution in [0.4, 0.5) is 0 Å². The Labute approximate surface area is 172 Å². The molecule has 3 atom stereocenters. The first-order chi connectivity index (χ1) is 14.2. The highest BCUT2D eigenvalue weighted by Crippen LogP contribution is 2.34. The van der Waals surface area contributed by atoms with E-state index in [1.54, 1.807) is 0 Å². The van der Waals surface area contributed by atoms with Crippen molar-refractivity contribution in [3.8, 4) is 0 Å². The first-order valence-electron chi connectivity index (χ1n) is 11.2. The standard InChI is InChI=1S/C24H32N4O/c1-3-28-23(10-11-26-28)24-17(5-4-12-29-24)15-25-18-7-9-22-20(14-18)19-13-16(2)6-8-21(19)27-22/h6,8,10-11,13,17-18,24-25,27H,3-5,7,9,12,14-15H2,1-2H3/t17-,18?,24+/m0/s1. The van der Waals surface area contributed by atoms with Crippen molar-refractivity contribution in [1.29, 1.82) is 0 Å². The molecule has 0 amide bonds. The van der Waals surface area contributed by atoms with Gasteiger partial charge in [0.15, 0.2) is 0 Å². The van der Waals surface area contributed by atoms with Gasteiger partial charge in [-0.3, -0.25) is 4.68 Å². The van der Waals surface area contributed by atoms with Gasteiger partial charge >= 0.3 is 0 Å². The highest BCUT2D eigenvalue weighted by Gasteiger charge is 2.31. The molecule has 1 aliphatic carbocycles. The Bertz CT molecular complexity index is 988. The number of benzene rings is 1. The van der Waals surface area contributed by atoms with Crippen LogP contribution in [0, 0.1) is 12.8 Å². The van der Waals surface area contributed by atoms with Gasteiger partial charge in [0.05, 0.1) is 5.69 Å². The minimum atomic E-state index is 0.161. The molecule has 1 aromatic carbocycles. The van der Waals surface area contributed by atoms with Gasteiger partial charge in [-0.05, 0) is 69.7 Å². The minimum absolute atomic E-state index is 0.161. The molecule has 5 nitrogen and oxygen atoms in total. The van der Waals surface area contributed by atoms with Crippen LogP contribution in [0.5, 0.6) is 0 Å². The molecule has 2 aromatic heterocycles. The topological polar surface area (TPSA) is 54.9 Å². The number of hydrogen-bond acceptors (Lipinski definition) is 3. The second-order valence-electron chi connectivity index (χ2n) is 8.74. The summed E-state index contributed by atoms with van der Waals surface area (Å²) in [6.45, 7) is 7.10. The van der Waals surface area contributed by atoms with E-state index in [9.17, 15) is 0 Å². The molecule has 154 valence electrons. The van der Waals surface area contributed by atoms with E-state index in [0.717, 1.165) is 39.0 Å². The number of aromatic nitrogens is 3. The van der Waals surface area contributed by atoms with Gasteiger partial charge in [0.1, 0.15) is 6.10 Å². The summed E-state index contributed by atoms with van der Waals surface area (Å²) in [4.78, 5) is 3.65. The van der Waals surface area contributed by atoms with Gasteiger partial charge in [-0.2, -0.15) is 5.10 Å². The van der Waals surface area contributed by atoms with Gasteiger partial charge in [0.25, 0.3) is 0 Å². The van der Waals surface area contributed by atoms with E-state index in [-0.39, 0.29) is 6.10 Å². The van der Waals surface area contributed by atoms with E-state index >= 15 is 0 Å². The molecule has 5 heteroatoms. The number of hydrogen-bond donors (Lipinski definition) is 2. The summed E-state index contributed by atoms with van der Waals surface area (Å²) in [6.07, 6.45) is 7.88. The molecule has 2 N–H and O–H groups in total. The molecule has 3 aromatic rings. The summed E-state index contributed by atoms with van der Waals surface area (Å²) in [7, 11) is 0. The third-order valence-corrected chi connectivity index (χ3v) is 6.80. The zero-order valence-corrected chi connectivity index (χ0v) is 17.6. The average Bonchev–Trinajstić information content (AvgIpc) is 3.36. The molecule has 1 fully saturated rings. The van der Waals surface area contributed by atoms with Crippen LogP contribution in [-0.4, -0.2) is 34.0 Å². The summed E-state index contributed by atoms with van der Waals surface area (Å²) in [6, 6.07) is 9.44. The van der Waals surface area contributed by atoms with E-state index in [0.29, 0.717) is 12.0 Å². The minimum Gasteiger partial charge on any atom is -0.372 e. The van der Waals surface area contributed by atoms with Crippen molar-refractivity contribution in [2.75, 3.05) is 13.2 Å². The summed E-state index contributed by atoms with van der Waals surface area (Å²) in [5.41, 5.74) is 6.82. The number of aromatic amines is 1. The van der Waals surface area contributed by atoms with Crippen LogP contribution in [0.15, 0.2) is 30.5 Å². The van der Waals surface area contributed by atoms with Gasteiger partial charge in [-0.15, -0.1) is 0 Å². The Morgan fingerprint density at radius 1 is 1.28 bits per heavy atom. The molecule has 29 heavy (non-hydrogen) atoms. The first-order valence-corrected chi connectivity index (χ1v) is 11.2. The zero-order valence-electron chi connectivity index (χ0n) is 17.6. The van der Waals surface area contributed by atoms with Gasteiger partial charge in [0.2, 0.25) is 0 Å². The second kappa shape index (κ2) is 7.96. The van der Waals surface area contributed by atoms with Crippen LogP contribution in [0.3, 0.4) is 0 Å². The smallest absolute Gasteiger partial charge is 0.103 e. The summed E-state index contributed by atoms with van der Waals surface area (Å²) < 4.78 is 8.31. The number of nitrogens with zero attached hydrogens (tertiary/aromatic N) is 2. The molecule has 3 heterocycles. The van der Waals surface area contributed by atoms with Gasteiger partial charge < -0.3 is 15.0 Å². The van der Waals surface area contributed by atoms with E-state index in [1.165, 1.54) is 46.3 Å². The highest BCUT2D eigenvalue weighted by molar-refractivity contribution is 5.85. The third kappa shape index (κ3) is 3.62. The molecule has 2 aliphatic rings. The summed E-state index contributed by atoms with van der Waals surface area (Å²) >= 11 is 0. The van der Waals surface area contributed by atoms with E-state index in [1.807, 2.05) is 6.20 Å². The van der Waals surface area contributed by atoms with Crippen LogP contribution in [0.2, 0.25) is 0 Å². The molecule has 1 unspecified atom stereocenters. The lowest BCUT2D eigenvalue weighted by atomic mass is 9.89. The van der Waals surface area contributed by atoms with Crippen LogP contribution < -0.4 is 5.32 Å². The predicted molar refractivity (Wildman–Crippen MR) is 116 cm³/mol. The Kier molecular flexibility index (Phi) is 5.18. The monoisotopic (exact) mass is 392 g/mol. The number of rotatable bonds is 5. The third-order valence-electron chi connectivity index (χ3n) is 6.80. The van der Waals surface area contributed by atoms with Crippen molar-refractivity contribution >= 4 is 10.9 Å². The number of fused-ring (bicyclic) bond motifs is 3. The average molecular weight is 393 g/mol. The van der Waals surface area contributed by atoms with Gasteiger partial charge in [0, 0.05) is 54.4 Å². The SMILES string of the molecule is CCn1nccc1[C@@H]1OCCC[C@H]1CNC1CCc2[nH]c3ccc(C)cc3c2C1. The number of nitrogens with one attached hydrogen (secondary N) is 2. The Morgan fingerprint density at radius 2 is 2.21 bits per heavy atom. The number of H-pyrrole nitrogens is 1. The number of ether oxygens (including phenoxy) is 1. The van der Waals surface area contributed by atoms with Crippen LogP contribution in [0.25, 0.3) is 10.9 Å².